The highest BCUT2D eigenvalue weighted by Crippen LogP contribution is 2.50. The van der Waals surface area contributed by atoms with Crippen molar-refractivity contribution in [3.05, 3.63) is 83.4 Å². The van der Waals surface area contributed by atoms with E-state index >= 15 is 0 Å². The fraction of sp³-hybridized carbons (Fsp3) is 0.286. The van der Waals surface area contributed by atoms with Crippen LogP contribution < -0.4 is 0 Å². The maximum Gasteiger partial charge on any atom is 0.226 e. The number of benzene rings is 2. The Labute approximate surface area is 148 Å². The van der Waals surface area contributed by atoms with E-state index in [0.29, 0.717) is 6.54 Å². The van der Waals surface area contributed by atoms with E-state index in [1.54, 1.807) is 6.08 Å². The van der Waals surface area contributed by atoms with Gasteiger partial charge in [0.15, 0.2) is 0 Å². The van der Waals surface area contributed by atoms with Crippen LogP contribution in [0.5, 0.6) is 0 Å². The SMILES string of the molecule is C=CCN(CCc1ccccc1)C(=O)C1CC1c1ccccc1Cl. The highest BCUT2D eigenvalue weighted by Gasteiger charge is 2.46. The van der Waals surface area contributed by atoms with E-state index in [4.69, 9.17) is 11.6 Å². The van der Waals surface area contributed by atoms with E-state index in [1.165, 1.54) is 5.56 Å². The molecule has 1 saturated carbocycles. The summed E-state index contributed by atoms with van der Waals surface area (Å²) in [4.78, 5) is 14.8. The topological polar surface area (TPSA) is 20.3 Å². The number of amides is 1. The van der Waals surface area contributed by atoms with Crippen molar-refractivity contribution in [2.24, 2.45) is 5.92 Å². The zero-order valence-electron chi connectivity index (χ0n) is 13.7. The first-order chi connectivity index (χ1) is 11.7. The van der Waals surface area contributed by atoms with Crippen molar-refractivity contribution < 1.29 is 4.79 Å². The molecular weight excluding hydrogens is 318 g/mol. The fourth-order valence-corrected chi connectivity index (χ4v) is 3.45. The molecule has 2 aromatic carbocycles. The zero-order chi connectivity index (χ0) is 16.9. The van der Waals surface area contributed by atoms with Gasteiger partial charge in [-0.15, -0.1) is 6.58 Å². The quantitative estimate of drug-likeness (QED) is 0.669. The van der Waals surface area contributed by atoms with Crippen LogP contribution in [0.4, 0.5) is 0 Å². The van der Waals surface area contributed by atoms with Gasteiger partial charge in [0.25, 0.3) is 0 Å². The van der Waals surface area contributed by atoms with E-state index < -0.39 is 0 Å². The summed E-state index contributed by atoms with van der Waals surface area (Å²) in [5, 5.41) is 0.761. The number of halogens is 1. The molecule has 0 bridgehead atoms. The van der Waals surface area contributed by atoms with Crippen molar-refractivity contribution >= 4 is 17.5 Å². The number of hydrogen-bond donors (Lipinski definition) is 0. The standard InChI is InChI=1S/C21H22ClNO/c1-2-13-23(14-12-16-8-4-3-5-9-16)21(24)19-15-18(19)17-10-6-7-11-20(17)22/h2-11,18-19H,1,12-15H2. The molecule has 0 radical (unpaired) electrons. The molecule has 2 aromatic rings. The molecule has 2 unspecified atom stereocenters. The molecule has 0 spiro atoms. The van der Waals surface area contributed by atoms with Gasteiger partial charge in [-0.05, 0) is 36.0 Å². The molecule has 1 amide bonds. The van der Waals surface area contributed by atoms with Crippen LogP contribution in [-0.4, -0.2) is 23.9 Å². The van der Waals surface area contributed by atoms with E-state index in [0.717, 1.165) is 30.0 Å². The van der Waals surface area contributed by atoms with Gasteiger partial charge in [-0.2, -0.15) is 0 Å². The van der Waals surface area contributed by atoms with Gasteiger partial charge in [0, 0.05) is 24.0 Å². The lowest BCUT2D eigenvalue weighted by molar-refractivity contribution is -0.132. The van der Waals surface area contributed by atoms with Crippen molar-refractivity contribution in [2.45, 2.75) is 18.8 Å². The van der Waals surface area contributed by atoms with Crippen LogP contribution in [0.25, 0.3) is 0 Å². The Morgan fingerprint density at radius 2 is 1.88 bits per heavy atom. The van der Waals surface area contributed by atoms with Crippen molar-refractivity contribution in [2.75, 3.05) is 13.1 Å². The van der Waals surface area contributed by atoms with Gasteiger partial charge < -0.3 is 4.90 Å². The van der Waals surface area contributed by atoms with Crippen molar-refractivity contribution in [3.8, 4) is 0 Å². The highest BCUT2D eigenvalue weighted by atomic mass is 35.5. The molecule has 124 valence electrons. The van der Waals surface area contributed by atoms with Crippen LogP contribution in [0.3, 0.4) is 0 Å². The second-order valence-corrected chi connectivity index (χ2v) is 6.69. The van der Waals surface area contributed by atoms with E-state index in [2.05, 4.69) is 18.7 Å². The minimum Gasteiger partial charge on any atom is -0.338 e. The first-order valence-corrected chi connectivity index (χ1v) is 8.76. The average Bonchev–Trinajstić information content (AvgIpc) is 3.40. The van der Waals surface area contributed by atoms with Crippen molar-refractivity contribution in [1.82, 2.24) is 4.90 Å². The van der Waals surface area contributed by atoms with Crippen LogP contribution in [-0.2, 0) is 11.2 Å². The lowest BCUT2D eigenvalue weighted by atomic mass is 10.1. The second-order valence-electron chi connectivity index (χ2n) is 6.28. The summed E-state index contributed by atoms with van der Waals surface area (Å²) in [5.41, 5.74) is 2.34. The van der Waals surface area contributed by atoms with Crippen molar-refractivity contribution in [3.63, 3.8) is 0 Å². The Kier molecular flexibility index (Phi) is 5.37. The lowest BCUT2D eigenvalue weighted by Gasteiger charge is -2.21. The smallest absolute Gasteiger partial charge is 0.226 e. The molecule has 0 aliphatic heterocycles. The fourth-order valence-electron chi connectivity index (χ4n) is 3.18. The Hall–Kier alpha value is -2.06. The molecule has 1 aliphatic carbocycles. The maximum absolute atomic E-state index is 12.8. The van der Waals surface area contributed by atoms with Gasteiger partial charge >= 0.3 is 0 Å². The molecule has 2 atom stereocenters. The summed E-state index contributed by atoms with van der Waals surface area (Å²) >= 11 is 6.27. The third-order valence-corrected chi connectivity index (χ3v) is 4.93. The molecule has 0 saturated heterocycles. The second kappa shape index (κ2) is 7.67. The first kappa shape index (κ1) is 16.8. The van der Waals surface area contributed by atoms with E-state index in [1.807, 2.05) is 47.4 Å². The summed E-state index contributed by atoms with van der Waals surface area (Å²) in [6.45, 7) is 5.11. The maximum atomic E-state index is 12.8. The van der Waals surface area contributed by atoms with Gasteiger partial charge in [0.05, 0.1) is 0 Å². The number of rotatable bonds is 7. The minimum absolute atomic E-state index is 0.0561. The molecule has 1 fully saturated rings. The number of hydrogen-bond acceptors (Lipinski definition) is 1. The van der Waals surface area contributed by atoms with Crippen LogP contribution in [0.1, 0.15) is 23.5 Å². The largest absolute Gasteiger partial charge is 0.338 e. The molecule has 1 aliphatic rings. The van der Waals surface area contributed by atoms with Gasteiger partial charge in [0.2, 0.25) is 5.91 Å². The zero-order valence-corrected chi connectivity index (χ0v) is 14.5. The minimum atomic E-state index is 0.0561. The monoisotopic (exact) mass is 339 g/mol. The molecule has 2 nitrogen and oxygen atoms in total. The summed E-state index contributed by atoms with van der Waals surface area (Å²) in [6.07, 6.45) is 3.56. The Bertz CT molecular complexity index is 713. The Balaban J connectivity index is 1.63. The van der Waals surface area contributed by atoms with E-state index in [-0.39, 0.29) is 17.7 Å². The molecule has 3 rings (SSSR count). The van der Waals surface area contributed by atoms with Crippen LogP contribution >= 0.6 is 11.6 Å². The number of carbonyl (C=O) groups is 1. The summed E-state index contributed by atoms with van der Waals surface area (Å²) in [6, 6.07) is 18.1. The van der Waals surface area contributed by atoms with Gasteiger partial charge in [-0.1, -0.05) is 66.2 Å². The van der Waals surface area contributed by atoms with Gasteiger partial charge in [0.1, 0.15) is 0 Å². The third-order valence-electron chi connectivity index (χ3n) is 4.59. The predicted octanol–water partition coefficient (Wildman–Crippen LogP) is 4.70. The summed E-state index contributed by atoms with van der Waals surface area (Å²) in [5.74, 6) is 0.534. The molecule has 24 heavy (non-hydrogen) atoms. The Morgan fingerprint density at radius 1 is 1.17 bits per heavy atom. The summed E-state index contributed by atoms with van der Waals surface area (Å²) in [7, 11) is 0. The van der Waals surface area contributed by atoms with E-state index in [9.17, 15) is 4.79 Å². The number of carbonyl (C=O) groups excluding carboxylic acids is 1. The summed E-state index contributed by atoms with van der Waals surface area (Å²) < 4.78 is 0. The third kappa shape index (κ3) is 3.88. The first-order valence-electron chi connectivity index (χ1n) is 8.38. The lowest BCUT2D eigenvalue weighted by Crippen LogP contribution is -2.34. The molecule has 0 heterocycles. The number of nitrogens with zero attached hydrogens (tertiary/aromatic N) is 1. The van der Waals surface area contributed by atoms with Crippen LogP contribution in [0, 0.1) is 5.92 Å². The molecular formula is C21H22ClNO. The Morgan fingerprint density at radius 3 is 2.58 bits per heavy atom. The van der Waals surface area contributed by atoms with Gasteiger partial charge in [-0.3, -0.25) is 4.79 Å². The van der Waals surface area contributed by atoms with Crippen molar-refractivity contribution in [1.29, 1.82) is 0 Å². The molecule has 0 N–H and O–H groups in total. The average molecular weight is 340 g/mol. The molecule has 0 aromatic heterocycles. The molecule has 3 heteroatoms. The van der Waals surface area contributed by atoms with Crippen LogP contribution in [0.2, 0.25) is 5.02 Å². The predicted molar refractivity (Wildman–Crippen MR) is 99.2 cm³/mol. The van der Waals surface area contributed by atoms with Gasteiger partial charge in [-0.25, -0.2) is 0 Å². The normalized spacial score (nSPS) is 18.9. The highest BCUT2D eigenvalue weighted by molar-refractivity contribution is 6.31. The van der Waals surface area contributed by atoms with Crippen LogP contribution in [0.15, 0.2) is 67.3 Å².